The van der Waals surface area contributed by atoms with Crippen LogP contribution in [0.5, 0.6) is 0 Å². The molecule has 110 valence electrons. The van der Waals surface area contributed by atoms with Gasteiger partial charge in [-0.05, 0) is 30.0 Å². The Morgan fingerprint density at radius 2 is 2.05 bits per heavy atom. The lowest BCUT2D eigenvalue weighted by molar-refractivity contribution is 0.472. The van der Waals surface area contributed by atoms with Gasteiger partial charge in [0, 0.05) is 23.0 Å². The molecule has 1 aromatic heterocycles. The SMILES string of the molecule is CCCC(NCc1c(F)cc(C#N)cc1F)c1cccs1. The summed E-state index contributed by atoms with van der Waals surface area (Å²) in [4.78, 5) is 1.16. The van der Waals surface area contributed by atoms with E-state index in [1.165, 1.54) is 0 Å². The number of hydrogen-bond donors (Lipinski definition) is 1. The standard InChI is InChI=1S/C16H16F2N2S/c1-2-4-15(16-5-3-6-21-16)20-10-12-13(17)7-11(9-19)8-14(12)18/h3,5-8,15,20H,2,4,10H2,1H3. The molecule has 1 aromatic carbocycles. The number of nitrogens with zero attached hydrogens (tertiary/aromatic N) is 1. The van der Waals surface area contributed by atoms with Gasteiger partial charge in [0.15, 0.2) is 0 Å². The van der Waals surface area contributed by atoms with Gasteiger partial charge in [0.05, 0.1) is 11.6 Å². The number of hydrogen-bond acceptors (Lipinski definition) is 3. The molecule has 0 amide bonds. The van der Waals surface area contributed by atoms with Gasteiger partial charge in [-0.3, -0.25) is 0 Å². The Labute approximate surface area is 127 Å². The second-order valence-corrected chi connectivity index (χ2v) is 5.75. The number of thiophene rings is 1. The van der Waals surface area contributed by atoms with Crippen LogP contribution in [0.25, 0.3) is 0 Å². The lowest BCUT2D eigenvalue weighted by atomic mass is 10.1. The van der Waals surface area contributed by atoms with Gasteiger partial charge in [0.2, 0.25) is 0 Å². The summed E-state index contributed by atoms with van der Waals surface area (Å²) in [5.41, 5.74) is -0.0243. The topological polar surface area (TPSA) is 35.8 Å². The Morgan fingerprint density at radius 3 is 2.57 bits per heavy atom. The Morgan fingerprint density at radius 1 is 1.33 bits per heavy atom. The molecule has 2 nitrogen and oxygen atoms in total. The maximum Gasteiger partial charge on any atom is 0.131 e. The molecule has 0 saturated heterocycles. The summed E-state index contributed by atoms with van der Waals surface area (Å²) in [6, 6.07) is 7.95. The van der Waals surface area contributed by atoms with E-state index in [0.29, 0.717) is 0 Å². The molecule has 0 spiro atoms. The smallest absolute Gasteiger partial charge is 0.131 e. The number of halogens is 2. The molecule has 1 unspecified atom stereocenters. The Balaban J connectivity index is 2.13. The van der Waals surface area contributed by atoms with E-state index in [9.17, 15) is 8.78 Å². The van der Waals surface area contributed by atoms with Gasteiger partial charge < -0.3 is 5.32 Å². The van der Waals surface area contributed by atoms with Crippen LogP contribution < -0.4 is 5.32 Å². The van der Waals surface area contributed by atoms with E-state index in [1.54, 1.807) is 17.4 Å². The van der Waals surface area contributed by atoms with E-state index in [4.69, 9.17) is 5.26 Å². The maximum absolute atomic E-state index is 13.8. The zero-order valence-electron chi connectivity index (χ0n) is 11.7. The molecule has 0 radical (unpaired) electrons. The van der Waals surface area contributed by atoms with Crippen LogP contribution in [0.2, 0.25) is 0 Å². The van der Waals surface area contributed by atoms with Crippen LogP contribution in [0.15, 0.2) is 29.6 Å². The highest BCUT2D eigenvalue weighted by Gasteiger charge is 2.15. The highest BCUT2D eigenvalue weighted by atomic mass is 32.1. The van der Waals surface area contributed by atoms with E-state index >= 15 is 0 Å². The second kappa shape index (κ2) is 7.30. The van der Waals surface area contributed by atoms with E-state index < -0.39 is 11.6 Å². The molecule has 0 saturated carbocycles. The van der Waals surface area contributed by atoms with E-state index in [1.807, 2.05) is 17.5 Å². The minimum Gasteiger partial charge on any atom is -0.305 e. The fourth-order valence-corrected chi connectivity index (χ4v) is 3.02. The molecular formula is C16H16F2N2S. The van der Waals surface area contributed by atoms with Crippen molar-refractivity contribution in [1.82, 2.24) is 5.32 Å². The zero-order valence-corrected chi connectivity index (χ0v) is 12.5. The van der Waals surface area contributed by atoms with Crippen molar-refractivity contribution in [3.05, 3.63) is 57.3 Å². The third-order valence-electron chi connectivity index (χ3n) is 3.26. The van der Waals surface area contributed by atoms with Crippen LogP contribution in [0.3, 0.4) is 0 Å². The van der Waals surface area contributed by atoms with Crippen molar-refractivity contribution in [2.24, 2.45) is 0 Å². The van der Waals surface area contributed by atoms with Gasteiger partial charge in [0.25, 0.3) is 0 Å². The van der Waals surface area contributed by atoms with Crippen LogP contribution >= 0.6 is 11.3 Å². The fourth-order valence-electron chi connectivity index (χ4n) is 2.18. The van der Waals surface area contributed by atoms with Crippen LogP contribution in [-0.4, -0.2) is 0 Å². The molecule has 2 rings (SSSR count). The summed E-state index contributed by atoms with van der Waals surface area (Å²) in [5, 5.41) is 13.9. The van der Waals surface area contributed by atoms with Crippen molar-refractivity contribution < 1.29 is 8.78 Å². The van der Waals surface area contributed by atoms with Crippen LogP contribution in [-0.2, 0) is 6.54 Å². The van der Waals surface area contributed by atoms with Crippen LogP contribution in [0.4, 0.5) is 8.78 Å². The first-order valence-corrected chi connectivity index (χ1v) is 7.68. The second-order valence-electron chi connectivity index (χ2n) is 4.77. The van der Waals surface area contributed by atoms with Crippen LogP contribution in [0, 0.1) is 23.0 Å². The largest absolute Gasteiger partial charge is 0.305 e. The molecule has 0 fully saturated rings. The lowest BCUT2D eigenvalue weighted by Crippen LogP contribution is -2.21. The summed E-state index contributed by atoms with van der Waals surface area (Å²) in [5.74, 6) is -1.36. The predicted molar refractivity (Wildman–Crippen MR) is 79.9 cm³/mol. The molecule has 5 heteroatoms. The van der Waals surface area contributed by atoms with E-state index in [2.05, 4.69) is 12.2 Å². The van der Waals surface area contributed by atoms with Crippen molar-refractivity contribution in [3.63, 3.8) is 0 Å². The highest BCUT2D eigenvalue weighted by Crippen LogP contribution is 2.24. The van der Waals surface area contributed by atoms with Crippen molar-refractivity contribution >= 4 is 11.3 Å². The molecular weight excluding hydrogens is 290 g/mol. The number of nitriles is 1. The Hall–Kier alpha value is -1.77. The molecule has 0 aliphatic rings. The zero-order chi connectivity index (χ0) is 15.2. The molecule has 21 heavy (non-hydrogen) atoms. The maximum atomic E-state index is 13.8. The van der Waals surface area contributed by atoms with Crippen molar-refractivity contribution in [3.8, 4) is 6.07 Å². The average Bonchev–Trinajstić information content (AvgIpc) is 2.99. The van der Waals surface area contributed by atoms with E-state index in [0.717, 1.165) is 29.9 Å². The van der Waals surface area contributed by atoms with Crippen LogP contribution in [0.1, 0.15) is 41.8 Å². The number of rotatable bonds is 6. The minimum atomic E-state index is -0.680. The first kappa shape index (κ1) is 15.6. The van der Waals surface area contributed by atoms with Gasteiger partial charge in [-0.15, -0.1) is 11.3 Å². The fraction of sp³-hybridized carbons (Fsp3) is 0.312. The van der Waals surface area contributed by atoms with Gasteiger partial charge in [0.1, 0.15) is 11.6 Å². The summed E-state index contributed by atoms with van der Waals surface area (Å²) in [6.07, 6.45) is 1.88. The van der Waals surface area contributed by atoms with Gasteiger partial charge in [-0.25, -0.2) is 8.78 Å². The molecule has 2 aromatic rings. The molecule has 0 aliphatic heterocycles. The summed E-state index contributed by atoms with van der Waals surface area (Å²) < 4.78 is 27.7. The molecule has 1 N–H and O–H groups in total. The monoisotopic (exact) mass is 306 g/mol. The predicted octanol–water partition coefficient (Wildman–Crippen LogP) is 4.53. The normalized spacial score (nSPS) is 12.1. The summed E-state index contributed by atoms with van der Waals surface area (Å²) in [6.45, 7) is 2.18. The van der Waals surface area contributed by atoms with Crippen molar-refractivity contribution in [2.75, 3.05) is 0 Å². The van der Waals surface area contributed by atoms with Gasteiger partial charge in [-0.2, -0.15) is 5.26 Å². The Kier molecular flexibility index (Phi) is 5.43. The average molecular weight is 306 g/mol. The first-order valence-electron chi connectivity index (χ1n) is 6.80. The highest BCUT2D eigenvalue weighted by molar-refractivity contribution is 7.10. The summed E-state index contributed by atoms with van der Waals surface area (Å²) >= 11 is 1.63. The molecule has 0 aliphatic carbocycles. The van der Waals surface area contributed by atoms with Crippen molar-refractivity contribution in [2.45, 2.75) is 32.4 Å². The number of benzene rings is 1. The first-order chi connectivity index (χ1) is 10.2. The third kappa shape index (κ3) is 3.87. The molecule has 1 atom stereocenters. The molecule has 1 heterocycles. The quantitative estimate of drug-likeness (QED) is 0.851. The number of nitrogens with one attached hydrogen (secondary N) is 1. The minimum absolute atomic E-state index is 0.00267. The van der Waals surface area contributed by atoms with Gasteiger partial charge >= 0.3 is 0 Å². The molecule has 0 bridgehead atoms. The third-order valence-corrected chi connectivity index (χ3v) is 4.25. The van der Waals surface area contributed by atoms with Crippen molar-refractivity contribution in [1.29, 1.82) is 5.26 Å². The Bertz CT molecular complexity index is 609. The summed E-state index contributed by atoms with van der Waals surface area (Å²) in [7, 11) is 0. The van der Waals surface area contributed by atoms with E-state index in [-0.39, 0.29) is 23.7 Å². The van der Waals surface area contributed by atoms with Gasteiger partial charge in [-0.1, -0.05) is 19.4 Å². The lowest BCUT2D eigenvalue weighted by Gasteiger charge is -2.17.